The molecule has 168 valence electrons. The van der Waals surface area contributed by atoms with E-state index in [-0.39, 0.29) is 5.91 Å². The van der Waals surface area contributed by atoms with E-state index in [9.17, 15) is 4.79 Å². The summed E-state index contributed by atoms with van der Waals surface area (Å²) in [5, 5.41) is 3.01. The highest BCUT2D eigenvalue weighted by molar-refractivity contribution is 5.94. The Morgan fingerprint density at radius 3 is 2.65 bits per heavy atom. The molecule has 1 fully saturated rings. The van der Waals surface area contributed by atoms with Gasteiger partial charge in [-0.2, -0.15) is 0 Å². The molecular weight excluding hydrogens is 392 g/mol. The van der Waals surface area contributed by atoms with Crippen molar-refractivity contribution >= 4 is 5.91 Å². The minimum atomic E-state index is -0.0833. The molecule has 2 aromatic carbocycles. The average Bonchev–Trinajstić information content (AvgIpc) is 2.78. The van der Waals surface area contributed by atoms with Gasteiger partial charge in [-0.3, -0.25) is 9.69 Å². The summed E-state index contributed by atoms with van der Waals surface area (Å²) in [5.74, 6) is 1.92. The maximum absolute atomic E-state index is 12.7. The van der Waals surface area contributed by atoms with Crippen molar-refractivity contribution < 1.29 is 19.0 Å². The summed E-state index contributed by atoms with van der Waals surface area (Å²) in [6, 6.07) is 13.6. The largest absolute Gasteiger partial charge is 0.493 e. The van der Waals surface area contributed by atoms with Gasteiger partial charge in [0.25, 0.3) is 5.91 Å². The van der Waals surface area contributed by atoms with Crippen LogP contribution in [0.4, 0.5) is 0 Å². The molecule has 1 heterocycles. The SMILES string of the molecule is COc1cc(CNC(=O)c2cccc(CN3CCOCC3)c2)ccc1OCCC(C)C. The number of ether oxygens (including phenoxy) is 3. The van der Waals surface area contributed by atoms with E-state index >= 15 is 0 Å². The lowest BCUT2D eigenvalue weighted by Crippen LogP contribution is -2.35. The Morgan fingerprint density at radius 1 is 1.10 bits per heavy atom. The minimum Gasteiger partial charge on any atom is -0.493 e. The molecule has 0 spiro atoms. The van der Waals surface area contributed by atoms with Crippen molar-refractivity contribution in [1.82, 2.24) is 10.2 Å². The third kappa shape index (κ3) is 7.26. The number of methoxy groups -OCH3 is 1. The highest BCUT2D eigenvalue weighted by atomic mass is 16.5. The highest BCUT2D eigenvalue weighted by Gasteiger charge is 2.13. The number of amides is 1. The predicted molar refractivity (Wildman–Crippen MR) is 122 cm³/mol. The molecule has 1 amide bonds. The molecule has 0 aromatic heterocycles. The third-order valence-corrected chi connectivity index (χ3v) is 5.33. The van der Waals surface area contributed by atoms with Gasteiger partial charge in [-0.1, -0.05) is 32.0 Å². The molecular formula is C25H34N2O4. The number of carbonyl (C=O) groups excluding carboxylic acids is 1. The highest BCUT2D eigenvalue weighted by Crippen LogP contribution is 2.28. The summed E-state index contributed by atoms with van der Waals surface area (Å²) in [7, 11) is 1.63. The van der Waals surface area contributed by atoms with Crippen molar-refractivity contribution in [2.24, 2.45) is 5.92 Å². The Bertz CT molecular complexity index is 847. The van der Waals surface area contributed by atoms with Crippen LogP contribution >= 0.6 is 0 Å². The Morgan fingerprint density at radius 2 is 1.90 bits per heavy atom. The molecule has 31 heavy (non-hydrogen) atoms. The Balaban J connectivity index is 1.55. The topological polar surface area (TPSA) is 60.0 Å². The number of hydrogen-bond acceptors (Lipinski definition) is 5. The fourth-order valence-electron chi connectivity index (χ4n) is 3.46. The van der Waals surface area contributed by atoms with Crippen LogP contribution in [-0.2, 0) is 17.8 Å². The van der Waals surface area contributed by atoms with Crippen LogP contribution in [0.2, 0.25) is 0 Å². The van der Waals surface area contributed by atoms with Crippen LogP contribution in [0.1, 0.15) is 41.8 Å². The van der Waals surface area contributed by atoms with Gasteiger partial charge in [0.05, 0.1) is 26.9 Å². The fourth-order valence-corrected chi connectivity index (χ4v) is 3.46. The van der Waals surface area contributed by atoms with Crippen LogP contribution in [-0.4, -0.2) is 50.8 Å². The van der Waals surface area contributed by atoms with Crippen molar-refractivity contribution in [2.45, 2.75) is 33.4 Å². The molecule has 3 rings (SSSR count). The maximum atomic E-state index is 12.7. The summed E-state index contributed by atoms with van der Waals surface area (Å²) < 4.78 is 16.7. The normalized spacial score (nSPS) is 14.5. The van der Waals surface area contributed by atoms with E-state index in [4.69, 9.17) is 14.2 Å². The Hall–Kier alpha value is -2.57. The van der Waals surface area contributed by atoms with Gasteiger partial charge in [-0.25, -0.2) is 0 Å². The minimum absolute atomic E-state index is 0.0833. The van der Waals surface area contributed by atoms with Crippen LogP contribution < -0.4 is 14.8 Å². The number of carbonyl (C=O) groups is 1. The molecule has 1 saturated heterocycles. The van der Waals surface area contributed by atoms with Crippen LogP contribution in [0.5, 0.6) is 11.5 Å². The summed E-state index contributed by atoms with van der Waals surface area (Å²) in [6.07, 6.45) is 0.992. The van der Waals surface area contributed by atoms with Crippen LogP contribution in [0.25, 0.3) is 0 Å². The van der Waals surface area contributed by atoms with Crippen LogP contribution in [0.3, 0.4) is 0 Å². The van der Waals surface area contributed by atoms with E-state index < -0.39 is 0 Å². The number of nitrogens with zero attached hydrogens (tertiary/aromatic N) is 1. The Kier molecular flexibility index (Phi) is 8.74. The van der Waals surface area contributed by atoms with Crippen LogP contribution in [0, 0.1) is 5.92 Å². The van der Waals surface area contributed by atoms with E-state index in [1.165, 1.54) is 0 Å². The standard InChI is InChI=1S/C25H34N2O4/c1-19(2)9-12-31-23-8-7-20(16-24(23)29-3)17-26-25(28)22-6-4-5-21(15-22)18-27-10-13-30-14-11-27/h4-8,15-16,19H,9-14,17-18H2,1-3H3,(H,26,28). The van der Waals surface area contributed by atoms with Crippen molar-refractivity contribution in [2.75, 3.05) is 40.0 Å². The molecule has 0 bridgehead atoms. The Labute approximate surface area is 185 Å². The number of benzene rings is 2. The van der Waals surface area contributed by atoms with Gasteiger partial charge in [-0.05, 0) is 47.7 Å². The predicted octanol–water partition coefficient (Wildman–Crippen LogP) is 3.88. The average molecular weight is 427 g/mol. The van der Waals surface area contributed by atoms with E-state index in [0.29, 0.717) is 30.4 Å². The maximum Gasteiger partial charge on any atom is 0.251 e. The van der Waals surface area contributed by atoms with Gasteiger partial charge in [0.2, 0.25) is 0 Å². The molecule has 1 aliphatic rings. The monoisotopic (exact) mass is 426 g/mol. The van der Waals surface area contributed by atoms with Crippen molar-refractivity contribution in [1.29, 1.82) is 0 Å². The van der Waals surface area contributed by atoms with E-state index in [1.54, 1.807) is 7.11 Å². The van der Waals surface area contributed by atoms with Crippen molar-refractivity contribution in [3.05, 3.63) is 59.2 Å². The third-order valence-electron chi connectivity index (χ3n) is 5.33. The quantitative estimate of drug-likeness (QED) is 0.625. The fraction of sp³-hybridized carbons (Fsp3) is 0.480. The van der Waals surface area contributed by atoms with Crippen molar-refractivity contribution in [3.63, 3.8) is 0 Å². The first kappa shape index (κ1) is 23.1. The van der Waals surface area contributed by atoms with Crippen LogP contribution in [0.15, 0.2) is 42.5 Å². The van der Waals surface area contributed by atoms with Gasteiger partial charge < -0.3 is 19.5 Å². The van der Waals surface area contributed by atoms with Gasteiger partial charge in [0.15, 0.2) is 11.5 Å². The van der Waals surface area contributed by atoms with Gasteiger partial charge in [-0.15, -0.1) is 0 Å². The summed E-state index contributed by atoms with van der Waals surface area (Å²) in [5.41, 5.74) is 2.77. The van der Waals surface area contributed by atoms with E-state index in [2.05, 4.69) is 30.1 Å². The smallest absolute Gasteiger partial charge is 0.251 e. The second kappa shape index (κ2) is 11.7. The number of nitrogens with one attached hydrogen (secondary N) is 1. The lowest BCUT2D eigenvalue weighted by molar-refractivity contribution is 0.0342. The first-order valence-electron chi connectivity index (χ1n) is 11.0. The first-order valence-corrected chi connectivity index (χ1v) is 11.0. The summed E-state index contributed by atoms with van der Waals surface area (Å²) in [6.45, 7) is 9.65. The summed E-state index contributed by atoms with van der Waals surface area (Å²) in [4.78, 5) is 15.0. The lowest BCUT2D eigenvalue weighted by atomic mass is 10.1. The molecule has 2 aromatic rings. The zero-order valence-corrected chi connectivity index (χ0v) is 18.9. The molecule has 6 nitrogen and oxygen atoms in total. The molecule has 0 atom stereocenters. The second-order valence-corrected chi connectivity index (χ2v) is 8.29. The van der Waals surface area contributed by atoms with E-state index in [0.717, 1.165) is 56.1 Å². The van der Waals surface area contributed by atoms with E-state index in [1.807, 2.05) is 36.4 Å². The molecule has 1 aliphatic heterocycles. The van der Waals surface area contributed by atoms with Crippen molar-refractivity contribution in [3.8, 4) is 11.5 Å². The zero-order valence-electron chi connectivity index (χ0n) is 18.9. The van der Waals surface area contributed by atoms with Gasteiger partial charge in [0.1, 0.15) is 0 Å². The molecule has 0 saturated carbocycles. The van der Waals surface area contributed by atoms with Gasteiger partial charge >= 0.3 is 0 Å². The second-order valence-electron chi connectivity index (χ2n) is 8.29. The van der Waals surface area contributed by atoms with Gasteiger partial charge in [0, 0.05) is 31.7 Å². The molecule has 1 N–H and O–H groups in total. The summed E-state index contributed by atoms with van der Waals surface area (Å²) >= 11 is 0. The lowest BCUT2D eigenvalue weighted by Gasteiger charge is -2.26. The molecule has 0 radical (unpaired) electrons. The first-order chi connectivity index (χ1) is 15.0. The number of hydrogen-bond donors (Lipinski definition) is 1. The molecule has 0 aliphatic carbocycles. The molecule has 0 unspecified atom stereocenters. The number of morpholine rings is 1. The molecule has 6 heteroatoms. The number of rotatable bonds is 10. The zero-order chi connectivity index (χ0) is 22.1.